The van der Waals surface area contributed by atoms with Gasteiger partial charge in [-0.05, 0) is 49.9 Å². The molecule has 1 aliphatic heterocycles. The van der Waals surface area contributed by atoms with Crippen molar-refractivity contribution in [2.45, 2.75) is 44.8 Å². The molecule has 114 valence electrons. The van der Waals surface area contributed by atoms with E-state index in [0.717, 1.165) is 49.9 Å². The Morgan fingerprint density at radius 1 is 1.38 bits per heavy atom. The highest BCUT2D eigenvalue weighted by Gasteiger charge is 2.22. The fraction of sp³-hybridized carbons (Fsp3) is 0.562. The highest BCUT2D eigenvalue weighted by molar-refractivity contribution is 5.75. The maximum absolute atomic E-state index is 11.4. The Morgan fingerprint density at radius 3 is 3.00 bits per heavy atom. The van der Waals surface area contributed by atoms with E-state index in [9.17, 15) is 4.79 Å². The molecule has 3 rings (SSSR count). The molecule has 1 aliphatic rings. The van der Waals surface area contributed by atoms with Crippen LogP contribution in [0.3, 0.4) is 0 Å². The van der Waals surface area contributed by atoms with E-state index in [1.165, 1.54) is 5.56 Å². The Hall–Kier alpha value is -1.59. The van der Waals surface area contributed by atoms with Gasteiger partial charge < -0.3 is 20.0 Å². The van der Waals surface area contributed by atoms with Crippen molar-refractivity contribution in [1.29, 1.82) is 0 Å². The molecule has 0 amide bonds. The molecule has 5 heteroatoms. The standard InChI is InChI=1S/C16H23N3O2/c1-2-7-17-14(10-12-4-3-8-21-12)11-5-6-13-15(9-11)19-16(20)18-13/h5-6,9,12,14,17H,2-4,7-8,10H2,1H3,(H2,18,19,20). The minimum atomic E-state index is -0.153. The molecule has 0 bridgehead atoms. The van der Waals surface area contributed by atoms with Crippen LogP contribution in [0.4, 0.5) is 0 Å². The monoisotopic (exact) mass is 289 g/mol. The van der Waals surface area contributed by atoms with E-state index in [1.54, 1.807) is 0 Å². The van der Waals surface area contributed by atoms with Crippen LogP contribution in [-0.2, 0) is 4.74 Å². The molecule has 0 spiro atoms. The van der Waals surface area contributed by atoms with E-state index in [1.807, 2.05) is 6.07 Å². The van der Waals surface area contributed by atoms with Crippen LogP contribution in [0, 0.1) is 0 Å². The number of benzene rings is 1. The molecule has 0 aliphatic carbocycles. The van der Waals surface area contributed by atoms with E-state index in [4.69, 9.17) is 4.74 Å². The molecule has 21 heavy (non-hydrogen) atoms. The number of nitrogens with one attached hydrogen (secondary N) is 3. The summed E-state index contributed by atoms with van der Waals surface area (Å²) in [5.74, 6) is 0. The van der Waals surface area contributed by atoms with Gasteiger partial charge in [0.1, 0.15) is 0 Å². The molecule has 0 radical (unpaired) electrons. The summed E-state index contributed by atoms with van der Waals surface area (Å²) < 4.78 is 5.77. The molecule has 1 fully saturated rings. The van der Waals surface area contributed by atoms with Gasteiger partial charge in [-0.2, -0.15) is 0 Å². The Kier molecular flexibility index (Phi) is 4.41. The van der Waals surface area contributed by atoms with Crippen molar-refractivity contribution in [2.24, 2.45) is 0 Å². The molecule has 2 unspecified atom stereocenters. The average molecular weight is 289 g/mol. The summed E-state index contributed by atoms with van der Waals surface area (Å²) in [6.07, 6.45) is 4.74. The first-order chi connectivity index (χ1) is 10.3. The second kappa shape index (κ2) is 6.45. The van der Waals surface area contributed by atoms with Crippen molar-refractivity contribution < 1.29 is 4.74 Å². The number of fused-ring (bicyclic) bond motifs is 1. The Balaban J connectivity index is 1.82. The zero-order valence-corrected chi connectivity index (χ0v) is 12.4. The minimum Gasteiger partial charge on any atom is -0.378 e. The lowest BCUT2D eigenvalue weighted by Crippen LogP contribution is -2.26. The van der Waals surface area contributed by atoms with Crippen LogP contribution < -0.4 is 11.0 Å². The first-order valence-corrected chi connectivity index (χ1v) is 7.83. The maximum atomic E-state index is 11.4. The van der Waals surface area contributed by atoms with Crippen LogP contribution in [0.25, 0.3) is 11.0 Å². The average Bonchev–Trinajstić information content (AvgIpc) is 3.10. The second-order valence-corrected chi connectivity index (χ2v) is 5.76. The molecule has 2 heterocycles. The lowest BCUT2D eigenvalue weighted by Gasteiger charge is -2.22. The summed E-state index contributed by atoms with van der Waals surface area (Å²) in [5.41, 5.74) is 2.78. The summed E-state index contributed by atoms with van der Waals surface area (Å²) in [6.45, 7) is 4.04. The van der Waals surface area contributed by atoms with Crippen LogP contribution in [0.1, 0.15) is 44.2 Å². The third-order valence-corrected chi connectivity index (χ3v) is 4.11. The smallest absolute Gasteiger partial charge is 0.323 e. The van der Waals surface area contributed by atoms with E-state index < -0.39 is 0 Å². The van der Waals surface area contributed by atoms with Crippen molar-refractivity contribution in [3.05, 3.63) is 34.2 Å². The van der Waals surface area contributed by atoms with Crippen LogP contribution in [0.2, 0.25) is 0 Å². The summed E-state index contributed by atoms with van der Waals surface area (Å²) >= 11 is 0. The number of hydrogen-bond donors (Lipinski definition) is 3. The lowest BCUT2D eigenvalue weighted by molar-refractivity contribution is 0.0946. The SMILES string of the molecule is CCCNC(CC1CCCO1)c1ccc2[nH]c(=O)[nH]c2c1. The number of ether oxygens (including phenoxy) is 1. The predicted molar refractivity (Wildman–Crippen MR) is 83.5 cm³/mol. The lowest BCUT2D eigenvalue weighted by atomic mass is 9.98. The van der Waals surface area contributed by atoms with Gasteiger partial charge in [0, 0.05) is 12.6 Å². The normalized spacial score (nSPS) is 20.1. The Morgan fingerprint density at radius 2 is 2.24 bits per heavy atom. The zero-order valence-electron chi connectivity index (χ0n) is 12.4. The minimum absolute atomic E-state index is 0.153. The summed E-state index contributed by atoms with van der Waals surface area (Å²) in [5, 5.41) is 3.60. The van der Waals surface area contributed by atoms with Gasteiger partial charge in [0.05, 0.1) is 17.1 Å². The molecule has 2 aromatic rings. The molecule has 1 aromatic carbocycles. The predicted octanol–water partition coefficient (Wildman–Crippen LogP) is 2.47. The van der Waals surface area contributed by atoms with E-state index in [0.29, 0.717) is 6.10 Å². The summed E-state index contributed by atoms with van der Waals surface area (Å²) in [4.78, 5) is 17.0. The van der Waals surface area contributed by atoms with Gasteiger partial charge in [0.25, 0.3) is 0 Å². The van der Waals surface area contributed by atoms with Gasteiger partial charge in [-0.3, -0.25) is 0 Å². The van der Waals surface area contributed by atoms with E-state index >= 15 is 0 Å². The van der Waals surface area contributed by atoms with Crippen LogP contribution >= 0.6 is 0 Å². The highest BCUT2D eigenvalue weighted by Crippen LogP contribution is 2.26. The third-order valence-electron chi connectivity index (χ3n) is 4.11. The Bertz CT molecular complexity index is 640. The fourth-order valence-electron chi connectivity index (χ4n) is 3.02. The first kappa shape index (κ1) is 14.4. The largest absolute Gasteiger partial charge is 0.378 e. The molecule has 0 saturated carbocycles. The second-order valence-electron chi connectivity index (χ2n) is 5.76. The molecular formula is C16H23N3O2. The van der Waals surface area contributed by atoms with Crippen molar-refractivity contribution in [3.8, 4) is 0 Å². The van der Waals surface area contributed by atoms with Crippen molar-refractivity contribution in [2.75, 3.05) is 13.2 Å². The highest BCUT2D eigenvalue weighted by atomic mass is 16.5. The number of rotatable bonds is 6. The van der Waals surface area contributed by atoms with Crippen molar-refractivity contribution in [1.82, 2.24) is 15.3 Å². The Labute approximate surface area is 124 Å². The summed E-state index contributed by atoms with van der Waals surface area (Å²) in [6, 6.07) is 6.40. The molecule has 1 aromatic heterocycles. The van der Waals surface area contributed by atoms with Crippen LogP contribution in [0.15, 0.2) is 23.0 Å². The van der Waals surface area contributed by atoms with Gasteiger partial charge >= 0.3 is 5.69 Å². The third kappa shape index (κ3) is 3.36. The van der Waals surface area contributed by atoms with Gasteiger partial charge in [-0.15, -0.1) is 0 Å². The van der Waals surface area contributed by atoms with Crippen molar-refractivity contribution in [3.63, 3.8) is 0 Å². The van der Waals surface area contributed by atoms with Crippen molar-refractivity contribution >= 4 is 11.0 Å². The first-order valence-electron chi connectivity index (χ1n) is 7.83. The number of imidazole rings is 1. The zero-order chi connectivity index (χ0) is 14.7. The topological polar surface area (TPSA) is 69.9 Å². The van der Waals surface area contributed by atoms with Gasteiger partial charge in [-0.25, -0.2) is 4.79 Å². The van der Waals surface area contributed by atoms with Crippen LogP contribution in [0.5, 0.6) is 0 Å². The summed E-state index contributed by atoms with van der Waals surface area (Å²) in [7, 11) is 0. The quantitative estimate of drug-likeness (QED) is 0.765. The number of aromatic amines is 2. The molecular weight excluding hydrogens is 266 g/mol. The fourth-order valence-corrected chi connectivity index (χ4v) is 3.02. The van der Waals surface area contributed by atoms with Gasteiger partial charge in [0.2, 0.25) is 0 Å². The van der Waals surface area contributed by atoms with E-state index in [-0.39, 0.29) is 11.7 Å². The molecule has 2 atom stereocenters. The van der Waals surface area contributed by atoms with Gasteiger partial charge in [0.15, 0.2) is 0 Å². The maximum Gasteiger partial charge on any atom is 0.323 e. The molecule has 1 saturated heterocycles. The number of H-pyrrole nitrogens is 2. The van der Waals surface area contributed by atoms with Gasteiger partial charge in [-0.1, -0.05) is 13.0 Å². The molecule has 5 nitrogen and oxygen atoms in total. The number of hydrogen-bond acceptors (Lipinski definition) is 3. The van der Waals surface area contributed by atoms with E-state index in [2.05, 4.69) is 34.3 Å². The van der Waals surface area contributed by atoms with Crippen LogP contribution in [-0.4, -0.2) is 29.2 Å². The number of aromatic nitrogens is 2. The molecule has 3 N–H and O–H groups in total.